The highest BCUT2D eigenvalue weighted by Gasteiger charge is 2.27. The van der Waals surface area contributed by atoms with E-state index in [4.69, 9.17) is 9.47 Å². The van der Waals surface area contributed by atoms with Gasteiger partial charge in [-0.15, -0.1) is 0 Å². The second kappa shape index (κ2) is 8.96. The van der Waals surface area contributed by atoms with Crippen molar-refractivity contribution in [2.45, 2.75) is 39.1 Å². The molecule has 2 unspecified atom stereocenters. The molecule has 0 aliphatic carbocycles. The van der Waals surface area contributed by atoms with Crippen LogP contribution in [0.3, 0.4) is 0 Å². The molecule has 1 aliphatic heterocycles. The van der Waals surface area contributed by atoms with Crippen LogP contribution in [0.4, 0.5) is 0 Å². The molecule has 168 valence electrons. The molecule has 2 atom stereocenters. The van der Waals surface area contributed by atoms with Crippen LogP contribution in [0.25, 0.3) is 11.0 Å². The van der Waals surface area contributed by atoms with Crippen LogP contribution < -0.4 is 16.0 Å². The lowest BCUT2D eigenvalue weighted by Gasteiger charge is -2.35. The number of rotatable bonds is 5. The number of hydrogen-bond donors (Lipinski definition) is 0. The molecule has 9 heteroatoms. The minimum atomic E-state index is -0.547. The molecule has 1 aliphatic rings. The van der Waals surface area contributed by atoms with Gasteiger partial charge in [-0.25, -0.2) is 9.78 Å². The van der Waals surface area contributed by atoms with Crippen LogP contribution >= 0.6 is 0 Å². The van der Waals surface area contributed by atoms with Gasteiger partial charge in [0.15, 0.2) is 5.52 Å². The normalized spacial score (nSPS) is 18.7. The lowest BCUT2D eigenvalue weighted by Crippen LogP contribution is -2.50. The van der Waals surface area contributed by atoms with Gasteiger partial charge in [0.1, 0.15) is 12.3 Å². The van der Waals surface area contributed by atoms with E-state index in [-0.39, 0.29) is 36.7 Å². The molecular weight excluding hydrogens is 412 g/mol. The van der Waals surface area contributed by atoms with Crippen LogP contribution in [0.1, 0.15) is 19.4 Å². The molecule has 2 aromatic heterocycles. The van der Waals surface area contributed by atoms with Gasteiger partial charge in [0, 0.05) is 19.3 Å². The Morgan fingerprint density at radius 1 is 1.09 bits per heavy atom. The molecule has 0 radical (unpaired) electrons. The SMILES string of the molecule is COc1ccc(Cn2c(=O)c3ncccc3n(CC(=O)N3CC(C)OC(C)C3)c2=O)cc1. The zero-order valence-electron chi connectivity index (χ0n) is 18.4. The highest BCUT2D eigenvalue weighted by molar-refractivity contribution is 5.79. The fourth-order valence-corrected chi connectivity index (χ4v) is 4.07. The number of benzene rings is 1. The van der Waals surface area contributed by atoms with Crippen molar-refractivity contribution in [1.82, 2.24) is 19.0 Å². The standard InChI is InChI=1S/C23H26N4O5/c1-15-11-25(12-16(2)32-15)20(28)14-26-19-5-4-10-24-21(19)22(29)27(23(26)30)13-17-6-8-18(31-3)9-7-17/h4-10,15-16H,11-14H2,1-3H3. The molecule has 3 aromatic rings. The summed E-state index contributed by atoms with van der Waals surface area (Å²) in [6.07, 6.45) is 1.34. The molecule has 1 saturated heterocycles. The van der Waals surface area contributed by atoms with E-state index >= 15 is 0 Å². The number of carbonyl (C=O) groups is 1. The molecule has 0 saturated carbocycles. The van der Waals surface area contributed by atoms with Gasteiger partial charge in [0.25, 0.3) is 5.56 Å². The summed E-state index contributed by atoms with van der Waals surface area (Å²) in [6, 6.07) is 10.4. The molecule has 1 fully saturated rings. The first kappa shape index (κ1) is 21.8. The molecule has 4 rings (SSSR count). The van der Waals surface area contributed by atoms with Crippen molar-refractivity contribution in [3.63, 3.8) is 0 Å². The number of amides is 1. The van der Waals surface area contributed by atoms with E-state index in [0.29, 0.717) is 24.4 Å². The Morgan fingerprint density at radius 2 is 1.78 bits per heavy atom. The molecule has 1 amide bonds. The average Bonchev–Trinajstić information content (AvgIpc) is 2.79. The molecule has 9 nitrogen and oxygen atoms in total. The number of aromatic nitrogens is 3. The van der Waals surface area contributed by atoms with Crippen LogP contribution in [-0.4, -0.2) is 57.3 Å². The number of hydrogen-bond acceptors (Lipinski definition) is 6. The number of carbonyl (C=O) groups excluding carboxylic acids is 1. The Kier molecular flexibility index (Phi) is 6.09. The van der Waals surface area contributed by atoms with Gasteiger partial charge >= 0.3 is 5.69 Å². The van der Waals surface area contributed by atoms with Crippen molar-refractivity contribution in [3.8, 4) is 5.75 Å². The summed E-state index contributed by atoms with van der Waals surface area (Å²) in [7, 11) is 1.57. The Bertz CT molecular complexity index is 1240. The summed E-state index contributed by atoms with van der Waals surface area (Å²) in [4.78, 5) is 45.4. The Balaban J connectivity index is 1.74. The van der Waals surface area contributed by atoms with E-state index < -0.39 is 11.2 Å². The van der Waals surface area contributed by atoms with E-state index in [2.05, 4.69) is 4.98 Å². The molecule has 1 aromatic carbocycles. The van der Waals surface area contributed by atoms with Crippen molar-refractivity contribution in [2.24, 2.45) is 0 Å². The van der Waals surface area contributed by atoms with E-state index in [1.54, 1.807) is 48.4 Å². The Labute approximate surface area is 184 Å². The summed E-state index contributed by atoms with van der Waals surface area (Å²) >= 11 is 0. The first-order chi connectivity index (χ1) is 15.4. The molecular formula is C23H26N4O5. The number of methoxy groups -OCH3 is 1. The number of fused-ring (bicyclic) bond motifs is 1. The van der Waals surface area contributed by atoms with Gasteiger partial charge in [-0.1, -0.05) is 12.1 Å². The van der Waals surface area contributed by atoms with Crippen molar-refractivity contribution >= 4 is 16.9 Å². The van der Waals surface area contributed by atoms with Crippen molar-refractivity contribution < 1.29 is 14.3 Å². The van der Waals surface area contributed by atoms with Crippen LogP contribution in [0.5, 0.6) is 5.75 Å². The van der Waals surface area contributed by atoms with Crippen LogP contribution in [0.2, 0.25) is 0 Å². The van der Waals surface area contributed by atoms with E-state index in [0.717, 1.165) is 10.1 Å². The largest absolute Gasteiger partial charge is 0.497 e. The molecule has 32 heavy (non-hydrogen) atoms. The second-order valence-electron chi connectivity index (χ2n) is 8.04. The minimum absolute atomic E-state index is 0.0635. The molecule has 0 bridgehead atoms. The Hall–Kier alpha value is -3.46. The van der Waals surface area contributed by atoms with E-state index in [9.17, 15) is 14.4 Å². The quantitative estimate of drug-likeness (QED) is 0.595. The van der Waals surface area contributed by atoms with Crippen LogP contribution in [0, 0.1) is 0 Å². The van der Waals surface area contributed by atoms with Gasteiger partial charge in [-0.05, 0) is 43.7 Å². The lowest BCUT2D eigenvalue weighted by atomic mass is 10.2. The van der Waals surface area contributed by atoms with Gasteiger partial charge < -0.3 is 14.4 Å². The second-order valence-corrected chi connectivity index (χ2v) is 8.04. The predicted octanol–water partition coefficient (Wildman–Crippen LogP) is 1.25. The summed E-state index contributed by atoms with van der Waals surface area (Å²) in [6.45, 7) is 4.63. The number of morpholine rings is 1. The number of ether oxygens (including phenoxy) is 2. The Morgan fingerprint density at radius 3 is 2.44 bits per heavy atom. The minimum Gasteiger partial charge on any atom is -0.497 e. The molecule has 0 N–H and O–H groups in total. The molecule has 3 heterocycles. The highest BCUT2D eigenvalue weighted by Crippen LogP contribution is 2.14. The van der Waals surface area contributed by atoms with Crippen LogP contribution in [0.15, 0.2) is 52.2 Å². The van der Waals surface area contributed by atoms with Crippen molar-refractivity contribution in [2.75, 3.05) is 20.2 Å². The van der Waals surface area contributed by atoms with Crippen molar-refractivity contribution in [3.05, 3.63) is 69.0 Å². The zero-order chi connectivity index (χ0) is 22.8. The number of nitrogens with zero attached hydrogens (tertiary/aromatic N) is 4. The third-order valence-electron chi connectivity index (χ3n) is 5.55. The maximum absolute atomic E-state index is 13.4. The van der Waals surface area contributed by atoms with Crippen molar-refractivity contribution in [1.29, 1.82) is 0 Å². The highest BCUT2D eigenvalue weighted by atomic mass is 16.5. The first-order valence-electron chi connectivity index (χ1n) is 10.5. The van der Waals surface area contributed by atoms with Gasteiger partial charge in [0.05, 0.1) is 31.4 Å². The van der Waals surface area contributed by atoms with E-state index in [1.807, 2.05) is 13.8 Å². The summed E-state index contributed by atoms with van der Waals surface area (Å²) in [5.74, 6) is 0.479. The predicted molar refractivity (Wildman–Crippen MR) is 119 cm³/mol. The smallest absolute Gasteiger partial charge is 0.332 e. The maximum Gasteiger partial charge on any atom is 0.332 e. The van der Waals surface area contributed by atoms with E-state index in [1.165, 1.54) is 10.8 Å². The van der Waals surface area contributed by atoms with Gasteiger partial charge in [-0.2, -0.15) is 0 Å². The maximum atomic E-state index is 13.4. The lowest BCUT2D eigenvalue weighted by molar-refractivity contribution is -0.143. The fourth-order valence-electron chi connectivity index (χ4n) is 4.07. The summed E-state index contributed by atoms with van der Waals surface area (Å²) in [5, 5.41) is 0. The summed E-state index contributed by atoms with van der Waals surface area (Å²) < 4.78 is 13.3. The monoisotopic (exact) mass is 438 g/mol. The third-order valence-corrected chi connectivity index (χ3v) is 5.55. The number of pyridine rings is 1. The average molecular weight is 438 g/mol. The van der Waals surface area contributed by atoms with Gasteiger partial charge in [-0.3, -0.25) is 18.7 Å². The third kappa shape index (κ3) is 4.29. The van der Waals surface area contributed by atoms with Crippen LogP contribution in [-0.2, 0) is 22.6 Å². The first-order valence-corrected chi connectivity index (χ1v) is 10.5. The van der Waals surface area contributed by atoms with Gasteiger partial charge in [0.2, 0.25) is 5.91 Å². The summed E-state index contributed by atoms with van der Waals surface area (Å²) in [5.41, 5.74) is 0.218. The topological polar surface area (TPSA) is 95.7 Å². The fraction of sp³-hybridized carbons (Fsp3) is 0.391. The molecule has 0 spiro atoms. The zero-order valence-corrected chi connectivity index (χ0v) is 18.4.